The van der Waals surface area contributed by atoms with Crippen LogP contribution >= 0.6 is 0 Å². The Labute approximate surface area is 153 Å². The second-order valence-electron chi connectivity index (χ2n) is 7.02. The number of nitrogens with zero attached hydrogens (tertiary/aromatic N) is 1. The van der Waals surface area contributed by atoms with Gasteiger partial charge in [0.05, 0.1) is 11.1 Å². The number of piperazine rings is 1. The van der Waals surface area contributed by atoms with E-state index in [2.05, 4.69) is 5.32 Å². The van der Waals surface area contributed by atoms with Crippen molar-refractivity contribution in [3.63, 3.8) is 0 Å². The molecule has 2 heterocycles. The summed E-state index contributed by atoms with van der Waals surface area (Å²) in [6, 6.07) is 1.48. The molecule has 1 atom stereocenters. The van der Waals surface area contributed by atoms with Gasteiger partial charge in [-0.15, -0.1) is 0 Å². The molecule has 2 saturated heterocycles. The number of halogens is 6. The number of alkyl halides is 6. The van der Waals surface area contributed by atoms with Crippen molar-refractivity contribution in [2.45, 2.75) is 31.2 Å². The number of benzene rings is 1. The number of ether oxygens (including phenoxy) is 1. The van der Waals surface area contributed by atoms with Gasteiger partial charge in [0.1, 0.15) is 0 Å². The quantitative estimate of drug-likeness (QED) is 0.779. The molecule has 1 aromatic carbocycles. The monoisotopic (exact) mass is 396 g/mol. The predicted octanol–water partition coefficient (Wildman–Crippen LogP) is 4.10. The van der Waals surface area contributed by atoms with Crippen LogP contribution in [0.4, 0.5) is 26.3 Å². The minimum atomic E-state index is -4.83. The Morgan fingerprint density at radius 1 is 0.889 bits per heavy atom. The molecule has 27 heavy (non-hydrogen) atoms. The summed E-state index contributed by atoms with van der Waals surface area (Å²) in [6.07, 6.45) is -8.43. The van der Waals surface area contributed by atoms with Crippen LogP contribution in [-0.2, 0) is 17.1 Å². The van der Waals surface area contributed by atoms with Gasteiger partial charge in [0.25, 0.3) is 0 Å². The van der Waals surface area contributed by atoms with Gasteiger partial charge < -0.3 is 10.1 Å². The molecule has 2 aliphatic heterocycles. The Hall–Kier alpha value is -1.32. The maximum absolute atomic E-state index is 13.3. The summed E-state index contributed by atoms with van der Waals surface area (Å²) in [4.78, 5) is 2.00. The lowest BCUT2D eigenvalue weighted by Gasteiger charge is -2.41. The van der Waals surface area contributed by atoms with Crippen LogP contribution < -0.4 is 5.32 Å². The highest BCUT2D eigenvalue weighted by atomic mass is 19.4. The molecule has 2 fully saturated rings. The first-order valence-corrected chi connectivity index (χ1v) is 8.98. The SMILES string of the molecule is FC(F)(F)c1cc([C@@H](C2CCOCC2)N2CCNCC2)cc(C(F)(F)F)c1. The molecule has 0 aromatic heterocycles. The van der Waals surface area contributed by atoms with E-state index in [1.54, 1.807) is 0 Å². The van der Waals surface area contributed by atoms with E-state index in [1.807, 2.05) is 4.90 Å². The number of nitrogens with one attached hydrogen (secondary N) is 1. The van der Waals surface area contributed by atoms with E-state index >= 15 is 0 Å². The Morgan fingerprint density at radius 2 is 1.41 bits per heavy atom. The lowest BCUT2D eigenvalue weighted by molar-refractivity contribution is -0.143. The highest BCUT2D eigenvalue weighted by molar-refractivity contribution is 5.36. The van der Waals surface area contributed by atoms with Crippen molar-refractivity contribution < 1.29 is 31.1 Å². The maximum Gasteiger partial charge on any atom is 0.416 e. The highest BCUT2D eigenvalue weighted by Gasteiger charge is 2.39. The zero-order valence-electron chi connectivity index (χ0n) is 14.7. The second kappa shape index (κ2) is 7.97. The molecule has 1 aromatic rings. The third-order valence-corrected chi connectivity index (χ3v) is 5.21. The highest BCUT2D eigenvalue weighted by Crippen LogP contribution is 2.41. The summed E-state index contributed by atoms with van der Waals surface area (Å²) in [6.45, 7) is 3.42. The molecule has 0 saturated carbocycles. The summed E-state index contributed by atoms with van der Waals surface area (Å²) in [7, 11) is 0. The standard InChI is InChI=1S/C18H22F6N2O/c19-17(20,21)14-9-13(10-15(11-14)18(22,23)24)16(12-1-7-27-8-2-12)26-5-3-25-4-6-26/h9-12,16,25H,1-8H2/t16-/m1/s1. The van der Waals surface area contributed by atoms with E-state index in [9.17, 15) is 26.3 Å². The minimum absolute atomic E-state index is 0.0404. The Bertz CT molecular complexity index is 583. The van der Waals surface area contributed by atoms with Crippen molar-refractivity contribution in [2.75, 3.05) is 39.4 Å². The van der Waals surface area contributed by atoms with Crippen molar-refractivity contribution >= 4 is 0 Å². The zero-order chi connectivity index (χ0) is 19.7. The summed E-state index contributed by atoms with van der Waals surface area (Å²) in [5.74, 6) is -0.0404. The van der Waals surface area contributed by atoms with Crippen LogP contribution in [0.25, 0.3) is 0 Å². The molecule has 0 unspecified atom stereocenters. The molecular formula is C18H22F6N2O. The normalized spacial score (nSPS) is 22.0. The van der Waals surface area contributed by atoms with Crippen molar-refractivity contribution in [1.29, 1.82) is 0 Å². The Morgan fingerprint density at radius 3 is 1.89 bits per heavy atom. The molecule has 3 nitrogen and oxygen atoms in total. The second-order valence-corrected chi connectivity index (χ2v) is 7.02. The van der Waals surface area contributed by atoms with Gasteiger partial charge in [-0.25, -0.2) is 0 Å². The third-order valence-electron chi connectivity index (χ3n) is 5.21. The van der Waals surface area contributed by atoms with Crippen molar-refractivity contribution in [1.82, 2.24) is 10.2 Å². The Balaban J connectivity index is 2.06. The molecule has 9 heteroatoms. The molecule has 0 spiro atoms. The first-order chi connectivity index (χ1) is 12.7. The lowest BCUT2D eigenvalue weighted by Crippen LogP contribution is -2.47. The number of rotatable bonds is 3. The molecule has 152 valence electrons. The van der Waals surface area contributed by atoms with Gasteiger partial charge in [0.2, 0.25) is 0 Å². The van der Waals surface area contributed by atoms with Crippen LogP contribution in [0.5, 0.6) is 0 Å². The van der Waals surface area contributed by atoms with Gasteiger partial charge >= 0.3 is 12.4 Å². The first kappa shape index (κ1) is 20.4. The summed E-state index contributed by atoms with van der Waals surface area (Å²) in [5.41, 5.74) is -2.41. The summed E-state index contributed by atoms with van der Waals surface area (Å²) >= 11 is 0. The maximum atomic E-state index is 13.3. The van der Waals surface area contributed by atoms with Gasteiger partial charge in [-0.1, -0.05) is 0 Å². The molecule has 2 aliphatic rings. The zero-order valence-corrected chi connectivity index (χ0v) is 14.7. The molecule has 0 radical (unpaired) electrons. The van der Waals surface area contributed by atoms with Crippen LogP contribution in [0.3, 0.4) is 0 Å². The van der Waals surface area contributed by atoms with Gasteiger partial charge in [0, 0.05) is 45.4 Å². The van der Waals surface area contributed by atoms with E-state index in [4.69, 9.17) is 4.74 Å². The smallest absolute Gasteiger partial charge is 0.381 e. The van der Waals surface area contributed by atoms with Crippen LogP contribution in [-0.4, -0.2) is 44.3 Å². The van der Waals surface area contributed by atoms with Crippen LogP contribution in [0.2, 0.25) is 0 Å². The minimum Gasteiger partial charge on any atom is -0.381 e. The molecular weight excluding hydrogens is 374 g/mol. The van der Waals surface area contributed by atoms with E-state index in [-0.39, 0.29) is 17.5 Å². The fourth-order valence-electron chi connectivity index (χ4n) is 3.92. The van der Waals surface area contributed by atoms with Crippen LogP contribution in [0.1, 0.15) is 35.6 Å². The number of hydrogen-bond donors (Lipinski definition) is 1. The topological polar surface area (TPSA) is 24.5 Å². The van der Waals surface area contributed by atoms with Crippen LogP contribution in [0.15, 0.2) is 18.2 Å². The molecule has 0 bridgehead atoms. The number of hydrogen-bond acceptors (Lipinski definition) is 3. The van der Waals surface area contributed by atoms with Gasteiger partial charge in [-0.05, 0) is 42.5 Å². The fraction of sp³-hybridized carbons (Fsp3) is 0.667. The third kappa shape index (κ3) is 4.94. The van der Waals surface area contributed by atoms with Gasteiger partial charge in [-0.2, -0.15) is 26.3 Å². The predicted molar refractivity (Wildman–Crippen MR) is 87.2 cm³/mol. The lowest BCUT2D eigenvalue weighted by atomic mass is 9.84. The van der Waals surface area contributed by atoms with Gasteiger partial charge in [0.15, 0.2) is 0 Å². The Kier molecular flexibility index (Phi) is 6.02. The molecule has 3 rings (SSSR count). The van der Waals surface area contributed by atoms with Crippen LogP contribution in [0, 0.1) is 5.92 Å². The van der Waals surface area contributed by atoms with Crippen molar-refractivity contribution in [2.24, 2.45) is 5.92 Å². The molecule has 0 amide bonds. The van der Waals surface area contributed by atoms with E-state index in [0.29, 0.717) is 52.2 Å². The molecule has 1 N–H and O–H groups in total. The van der Waals surface area contributed by atoms with Gasteiger partial charge in [-0.3, -0.25) is 4.90 Å². The van der Waals surface area contributed by atoms with Crippen molar-refractivity contribution in [3.05, 3.63) is 34.9 Å². The first-order valence-electron chi connectivity index (χ1n) is 8.98. The average Bonchev–Trinajstić information content (AvgIpc) is 2.62. The van der Waals surface area contributed by atoms with E-state index < -0.39 is 29.5 Å². The summed E-state index contributed by atoms with van der Waals surface area (Å²) in [5, 5.41) is 3.17. The largest absolute Gasteiger partial charge is 0.416 e. The van der Waals surface area contributed by atoms with Crippen molar-refractivity contribution in [3.8, 4) is 0 Å². The average molecular weight is 396 g/mol. The summed E-state index contributed by atoms with van der Waals surface area (Å²) < 4.78 is 85.0. The van der Waals surface area contributed by atoms with E-state index in [0.717, 1.165) is 12.1 Å². The van der Waals surface area contributed by atoms with E-state index in [1.165, 1.54) is 0 Å². The molecule has 0 aliphatic carbocycles. The fourth-order valence-corrected chi connectivity index (χ4v) is 3.92.